The van der Waals surface area contributed by atoms with E-state index in [0.29, 0.717) is 0 Å². The zero-order valence-corrected chi connectivity index (χ0v) is 28.6. The third-order valence-electron chi connectivity index (χ3n) is 9.24. The normalized spacial score (nSPS) is 13.1. The predicted octanol–water partition coefficient (Wildman–Crippen LogP) is 13.0. The lowest BCUT2D eigenvalue weighted by molar-refractivity contribution is 0.547. The molecular weight excluding hydrogens is 606 g/mol. The first kappa shape index (κ1) is 31.5. The molecule has 1 heterocycles. The van der Waals surface area contributed by atoms with Crippen LogP contribution >= 0.6 is 11.6 Å². The smallest absolute Gasteiger partial charge is 0.128 e. The maximum absolute atomic E-state index is 6.36. The minimum atomic E-state index is 0.725. The maximum atomic E-state index is 6.36. The largest absolute Gasteiger partial charge is 0.457 e. The zero-order chi connectivity index (χ0) is 33.0. The number of rotatable bonds is 8. The number of hydrogen-bond donors (Lipinski definition) is 0. The van der Waals surface area contributed by atoms with Gasteiger partial charge in [-0.2, -0.15) is 0 Å². The van der Waals surface area contributed by atoms with Gasteiger partial charge in [-0.25, -0.2) is 0 Å². The highest BCUT2D eigenvalue weighted by atomic mass is 35.5. The molecule has 0 unspecified atom stereocenters. The van der Waals surface area contributed by atoms with Crippen LogP contribution in [0.25, 0.3) is 23.8 Å². The number of aryl methyl sites for hydroxylation is 4. The topological polar surface area (TPSA) is 16.4 Å². The number of anilines is 3. The third kappa shape index (κ3) is 6.81. The van der Waals surface area contributed by atoms with Crippen molar-refractivity contribution in [3.8, 4) is 0 Å². The van der Waals surface area contributed by atoms with E-state index in [4.69, 9.17) is 16.0 Å². The average molecular weight is 646 g/mol. The van der Waals surface area contributed by atoms with Gasteiger partial charge in [0.05, 0.1) is 5.69 Å². The van der Waals surface area contributed by atoms with E-state index in [1.165, 1.54) is 63.0 Å². The Kier molecular flexibility index (Phi) is 9.18. The SMILES string of the molecule is Cc1cc(C)c(N(c2ccc(Cl)cc2)c2ccc(C=Cc3ccc(C=C(c4ccccc4)c4cccc5c4CCCC5)o3)cc2)c(C)c1. The summed E-state index contributed by atoms with van der Waals surface area (Å²) in [5, 5.41) is 0.725. The Morgan fingerprint density at radius 3 is 2.06 bits per heavy atom. The quantitative estimate of drug-likeness (QED) is 0.164. The molecule has 0 atom stereocenters. The second-order valence-electron chi connectivity index (χ2n) is 12.8. The molecule has 0 aliphatic heterocycles. The van der Waals surface area contributed by atoms with E-state index >= 15 is 0 Å². The molecule has 1 aliphatic carbocycles. The summed E-state index contributed by atoms with van der Waals surface area (Å²) < 4.78 is 6.36. The van der Waals surface area contributed by atoms with Crippen LogP contribution < -0.4 is 4.90 Å². The van der Waals surface area contributed by atoms with Crippen LogP contribution in [-0.4, -0.2) is 0 Å². The Hall–Kier alpha value is -5.05. The molecule has 48 heavy (non-hydrogen) atoms. The molecule has 238 valence electrons. The molecule has 5 aromatic carbocycles. The van der Waals surface area contributed by atoms with Gasteiger partial charge in [0.25, 0.3) is 0 Å². The van der Waals surface area contributed by atoms with Gasteiger partial charge in [0.1, 0.15) is 11.5 Å². The molecule has 0 fully saturated rings. The third-order valence-corrected chi connectivity index (χ3v) is 9.49. The van der Waals surface area contributed by atoms with Crippen molar-refractivity contribution in [2.24, 2.45) is 0 Å². The summed E-state index contributed by atoms with van der Waals surface area (Å²) in [5.41, 5.74) is 14.9. The van der Waals surface area contributed by atoms with E-state index in [2.05, 4.69) is 141 Å². The molecule has 0 spiro atoms. The van der Waals surface area contributed by atoms with Gasteiger partial charge in [-0.15, -0.1) is 0 Å². The van der Waals surface area contributed by atoms with Crippen LogP contribution in [-0.2, 0) is 12.8 Å². The van der Waals surface area contributed by atoms with Crippen molar-refractivity contribution in [2.45, 2.75) is 46.5 Å². The predicted molar refractivity (Wildman–Crippen MR) is 204 cm³/mol. The van der Waals surface area contributed by atoms with Gasteiger partial charge in [-0.05, 0) is 152 Å². The van der Waals surface area contributed by atoms with E-state index in [9.17, 15) is 0 Å². The number of fused-ring (bicyclic) bond motifs is 1. The van der Waals surface area contributed by atoms with Crippen molar-refractivity contribution in [2.75, 3.05) is 4.90 Å². The summed E-state index contributed by atoms with van der Waals surface area (Å²) in [4.78, 5) is 2.31. The van der Waals surface area contributed by atoms with Crippen molar-refractivity contribution in [1.82, 2.24) is 0 Å². The molecule has 1 aliphatic rings. The van der Waals surface area contributed by atoms with Crippen LogP contribution in [0.1, 0.15) is 68.9 Å². The van der Waals surface area contributed by atoms with Gasteiger partial charge in [-0.1, -0.05) is 96.0 Å². The Bertz CT molecular complexity index is 2080. The lowest BCUT2D eigenvalue weighted by atomic mass is 9.84. The Morgan fingerprint density at radius 1 is 0.667 bits per heavy atom. The fourth-order valence-electron chi connectivity index (χ4n) is 7.08. The van der Waals surface area contributed by atoms with Crippen molar-refractivity contribution >= 4 is 52.5 Å². The molecule has 0 radical (unpaired) electrons. The fourth-order valence-corrected chi connectivity index (χ4v) is 7.21. The Labute approximate surface area is 289 Å². The van der Waals surface area contributed by atoms with E-state index < -0.39 is 0 Å². The lowest BCUT2D eigenvalue weighted by Crippen LogP contribution is -2.13. The molecule has 7 rings (SSSR count). The summed E-state index contributed by atoms with van der Waals surface area (Å²) in [6, 6.07) is 42.8. The average Bonchev–Trinajstić information content (AvgIpc) is 3.56. The van der Waals surface area contributed by atoms with Crippen LogP contribution in [0.3, 0.4) is 0 Å². The van der Waals surface area contributed by atoms with Gasteiger partial charge < -0.3 is 9.32 Å². The number of furan rings is 1. The lowest BCUT2D eigenvalue weighted by Gasteiger charge is -2.29. The molecule has 2 nitrogen and oxygen atoms in total. The van der Waals surface area contributed by atoms with Gasteiger partial charge in [0.15, 0.2) is 0 Å². The summed E-state index contributed by atoms with van der Waals surface area (Å²) >= 11 is 6.27. The maximum Gasteiger partial charge on any atom is 0.128 e. The molecule has 0 bridgehead atoms. The van der Waals surface area contributed by atoms with Gasteiger partial charge >= 0.3 is 0 Å². The zero-order valence-electron chi connectivity index (χ0n) is 27.8. The fraction of sp³-hybridized carbons (Fsp3) is 0.156. The van der Waals surface area contributed by atoms with Crippen LogP contribution in [0, 0.1) is 20.8 Å². The molecule has 0 saturated heterocycles. The number of benzene rings is 5. The van der Waals surface area contributed by atoms with E-state index in [1.807, 2.05) is 24.3 Å². The van der Waals surface area contributed by atoms with Crippen molar-refractivity contribution in [1.29, 1.82) is 0 Å². The minimum absolute atomic E-state index is 0.725. The molecule has 0 N–H and O–H groups in total. The van der Waals surface area contributed by atoms with Crippen molar-refractivity contribution in [3.05, 3.63) is 182 Å². The first-order valence-corrected chi connectivity index (χ1v) is 17.2. The summed E-state index contributed by atoms with van der Waals surface area (Å²) in [7, 11) is 0. The number of nitrogens with zero attached hydrogens (tertiary/aromatic N) is 1. The van der Waals surface area contributed by atoms with E-state index in [0.717, 1.165) is 46.3 Å². The standard InChI is InChI=1S/C45H40ClNO/c1-31-28-32(2)45(33(3)29-31)47(39-23-19-37(46)20-24-39)38-21-16-34(17-22-38)18-25-40-26-27-41(48-40)30-44(36-10-5-4-6-11-36)43-15-9-13-35-12-7-8-14-42(35)43/h4-6,9-11,13,15-30H,7-8,12,14H2,1-3H3. The van der Waals surface area contributed by atoms with Crippen LogP contribution in [0.2, 0.25) is 5.02 Å². The van der Waals surface area contributed by atoms with Gasteiger partial charge in [0.2, 0.25) is 0 Å². The van der Waals surface area contributed by atoms with Crippen LogP contribution in [0.15, 0.2) is 126 Å². The summed E-state index contributed by atoms with van der Waals surface area (Å²) in [6.45, 7) is 6.50. The molecule has 3 heteroatoms. The number of hydrogen-bond acceptors (Lipinski definition) is 2. The Morgan fingerprint density at radius 2 is 1.33 bits per heavy atom. The van der Waals surface area contributed by atoms with Crippen molar-refractivity contribution in [3.63, 3.8) is 0 Å². The molecular formula is C45H40ClNO. The molecule has 0 saturated carbocycles. The second kappa shape index (κ2) is 14.0. The number of halogens is 1. The molecule has 1 aromatic heterocycles. The van der Waals surface area contributed by atoms with Gasteiger partial charge in [0, 0.05) is 16.4 Å². The molecule has 0 amide bonds. The highest BCUT2D eigenvalue weighted by molar-refractivity contribution is 6.30. The summed E-state index contributed by atoms with van der Waals surface area (Å²) in [6.07, 6.45) is 11.2. The van der Waals surface area contributed by atoms with Crippen LogP contribution in [0.5, 0.6) is 0 Å². The monoisotopic (exact) mass is 645 g/mol. The van der Waals surface area contributed by atoms with E-state index in [1.54, 1.807) is 0 Å². The Balaban J connectivity index is 1.17. The second-order valence-corrected chi connectivity index (χ2v) is 13.2. The first-order chi connectivity index (χ1) is 23.4. The van der Waals surface area contributed by atoms with Crippen molar-refractivity contribution < 1.29 is 4.42 Å². The molecule has 6 aromatic rings. The van der Waals surface area contributed by atoms with Crippen LogP contribution in [0.4, 0.5) is 17.1 Å². The first-order valence-electron chi connectivity index (χ1n) is 16.8. The van der Waals surface area contributed by atoms with E-state index in [-0.39, 0.29) is 0 Å². The van der Waals surface area contributed by atoms with Gasteiger partial charge in [-0.3, -0.25) is 0 Å². The minimum Gasteiger partial charge on any atom is -0.457 e. The highest BCUT2D eigenvalue weighted by Gasteiger charge is 2.19. The highest BCUT2D eigenvalue weighted by Crippen LogP contribution is 2.40. The summed E-state index contributed by atoms with van der Waals surface area (Å²) in [5.74, 6) is 1.67.